The molecule has 0 N–H and O–H groups in total. The average Bonchev–Trinajstić information content (AvgIpc) is 2.25. The Morgan fingerprint density at radius 1 is 0.867 bits per heavy atom. The van der Waals surface area contributed by atoms with Gasteiger partial charge in [0.1, 0.15) is 0 Å². The van der Waals surface area contributed by atoms with Crippen LogP contribution in [0, 0.1) is 18.3 Å². The van der Waals surface area contributed by atoms with E-state index in [1.165, 1.54) is 51.4 Å². The second kappa shape index (κ2) is 10.5. The van der Waals surface area contributed by atoms with Gasteiger partial charge in [0.2, 0.25) is 0 Å². The molecular formula is C15H31. The second-order valence-corrected chi connectivity index (χ2v) is 4.95. The van der Waals surface area contributed by atoms with Crippen molar-refractivity contribution in [1.82, 2.24) is 0 Å². The third-order valence-electron chi connectivity index (χ3n) is 3.41. The largest absolute Gasteiger partial charge is 0.0654 e. The molecule has 0 fully saturated rings. The molecule has 0 aliphatic carbocycles. The molecule has 0 spiro atoms. The topological polar surface area (TPSA) is 0 Å². The van der Waals surface area contributed by atoms with Crippen LogP contribution in [0.15, 0.2) is 0 Å². The highest BCUT2D eigenvalue weighted by atomic mass is 14.1. The van der Waals surface area contributed by atoms with E-state index >= 15 is 0 Å². The van der Waals surface area contributed by atoms with Gasteiger partial charge in [-0.15, -0.1) is 0 Å². The SMILES string of the molecule is CCCCCCCC(C)[CH]C(CC)CC. The Labute approximate surface area is 97.8 Å². The summed E-state index contributed by atoms with van der Waals surface area (Å²) < 4.78 is 0. The summed E-state index contributed by atoms with van der Waals surface area (Å²) in [4.78, 5) is 0. The Hall–Kier alpha value is 0. The zero-order valence-electron chi connectivity index (χ0n) is 11.4. The Morgan fingerprint density at radius 3 is 2.00 bits per heavy atom. The van der Waals surface area contributed by atoms with Crippen LogP contribution < -0.4 is 0 Å². The van der Waals surface area contributed by atoms with Gasteiger partial charge in [0.25, 0.3) is 0 Å². The average molecular weight is 211 g/mol. The van der Waals surface area contributed by atoms with Gasteiger partial charge < -0.3 is 0 Å². The molecule has 1 radical (unpaired) electrons. The highest BCUT2D eigenvalue weighted by molar-refractivity contribution is 4.79. The molecule has 1 unspecified atom stereocenters. The lowest BCUT2D eigenvalue weighted by Gasteiger charge is -2.17. The van der Waals surface area contributed by atoms with Gasteiger partial charge in [-0.3, -0.25) is 0 Å². The zero-order chi connectivity index (χ0) is 11.5. The minimum absolute atomic E-state index is 0.830. The van der Waals surface area contributed by atoms with Crippen LogP contribution in [0.3, 0.4) is 0 Å². The fourth-order valence-electron chi connectivity index (χ4n) is 2.19. The molecule has 0 nitrogen and oxygen atoms in total. The van der Waals surface area contributed by atoms with E-state index in [1.54, 1.807) is 0 Å². The van der Waals surface area contributed by atoms with E-state index in [-0.39, 0.29) is 0 Å². The first-order valence-corrected chi connectivity index (χ1v) is 7.09. The monoisotopic (exact) mass is 211 g/mol. The highest BCUT2D eigenvalue weighted by Crippen LogP contribution is 2.21. The molecule has 15 heavy (non-hydrogen) atoms. The Bertz CT molecular complexity index is 113. The maximum absolute atomic E-state index is 2.58. The molecular weight excluding hydrogens is 180 g/mol. The van der Waals surface area contributed by atoms with Crippen molar-refractivity contribution in [2.45, 2.75) is 79.1 Å². The lowest BCUT2D eigenvalue weighted by molar-refractivity contribution is 0.449. The van der Waals surface area contributed by atoms with Crippen LogP contribution in [0.4, 0.5) is 0 Å². The summed E-state index contributed by atoms with van der Waals surface area (Å²) in [6, 6.07) is 0. The molecule has 0 amide bonds. The van der Waals surface area contributed by atoms with Crippen molar-refractivity contribution in [2.75, 3.05) is 0 Å². The Balaban J connectivity index is 3.35. The van der Waals surface area contributed by atoms with E-state index in [4.69, 9.17) is 0 Å². The van der Waals surface area contributed by atoms with Gasteiger partial charge >= 0.3 is 0 Å². The summed E-state index contributed by atoms with van der Waals surface area (Å²) in [7, 11) is 0. The van der Waals surface area contributed by atoms with Crippen LogP contribution >= 0.6 is 0 Å². The van der Waals surface area contributed by atoms with Crippen molar-refractivity contribution < 1.29 is 0 Å². The first-order valence-electron chi connectivity index (χ1n) is 7.09. The Morgan fingerprint density at radius 2 is 1.47 bits per heavy atom. The predicted octanol–water partition coefficient (Wildman–Crippen LogP) is 5.62. The van der Waals surface area contributed by atoms with Gasteiger partial charge in [0.05, 0.1) is 0 Å². The molecule has 0 heteroatoms. The summed E-state index contributed by atoms with van der Waals surface area (Å²) in [5.74, 6) is 1.69. The van der Waals surface area contributed by atoms with Gasteiger partial charge in [-0.1, -0.05) is 79.1 Å². The molecule has 0 saturated carbocycles. The van der Waals surface area contributed by atoms with E-state index in [2.05, 4.69) is 34.1 Å². The van der Waals surface area contributed by atoms with E-state index in [0.717, 1.165) is 11.8 Å². The Kier molecular flexibility index (Phi) is 10.5. The number of hydrogen-bond donors (Lipinski definition) is 0. The van der Waals surface area contributed by atoms with E-state index in [0.29, 0.717) is 0 Å². The number of unbranched alkanes of at least 4 members (excludes halogenated alkanes) is 4. The molecule has 0 aromatic carbocycles. The van der Waals surface area contributed by atoms with E-state index < -0.39 is 0 Å². The summed E-state index contributed by atoms with van der Waals surface area (Å²) in [5, 5.41) is 0. The van der Waals surface area contributed by atoms with Crippen molar-refractivity contribution in [3.8, 4) is 0 Å². The molecule has 0 bridgehead atoms. The minimum Gasteiger partial charge on any atom is -0.0654 e. The lowest BCUT2D eigenvalue weighted by Crippen LogP contribution is -2.06. The van der Waals surface area contributed by atoms with Crippen LogP contribution in [-0.4, -0.2) is 0 Å². The second-order valence-electron chi connectivity index (χ2n) is 4.95. The fraction of sp³-hybridized carbons (Fsp3) is 0.933. The summed E-state index contributed by atoms with van der Waals surface area (Å²) in [5.41, 5.74) is 0. The fourth-order valence-corrected chi connectivity index (χ4v) is 2.19. The molecule has 0 saturated heterocycles. The summed E-state index contributed by atoms with van der Waals surface area (Å²) in [6.07, 6.45) is 13.7. The predicted molar refractivity (Wildman–Crippen MR) is 70.9 cm³/mol. The van der Waals surface area contributed by atoms with Gasteiger partial charge in [-0.05, 0) is 18.3 Å². The van der Waals surface area contributed by atoms with Crippen LogP contribution in [0.1, 0.15) is 79.1 Å². The molecule has 0 aromatic rings. The summed E-state index contributed by atoms with van der Waals surface area (Å²) in [6.45, 7) is 9.28. The summed E-state index contributed by atoms with van der Waals surface area (Å²) >= 11 is 0. The van der Waals surface area contributed by atoms with Crippen LogP contribution in [-0.2, 0) is 0 Å². The van der Waals surface area contributed by atoms with Crippen molar-refractivity contribution in [1.29, 1.82) is 0 Å². The standard InChI is InChI=1S/C15H31/c1-5-8-9-10-11-12-14(4)13-15(6-2)7-3/h13-15H,5-12H2,1-4H3. The molecule has 1 atom stereocenters. The van der Waals surface area contributed by atoms with Gasteiger partial charge in [0.15, 0.2) is 0 Å². The van der Waals surface area contributed by atoms with Crippen LogP contribution in [0.2, 0.25) is 0 Å². The van der Waals surface area contributed by atoms with E-state index in [1.807, 2.05) is 0 Å². The number of rotatable bonds is 10. The molecule has 0 rings (SSSR count). The lowest BCUT2D eigenvalue weighted by atomic mass is 9.88. The zero-order valence-corrected chi connectivity index (χ0v) is 11.4. The quantitative estimate of drug-likeness (QED) is 0.411. The molecule has 0 aliphatic rings. The maximum Gasteiger partial charge on any atom is -0.0327 e. The van der Waals surface area contributed by atoms with Crippen molar-refractivity contribution in [3.05, 3.63) is 6.42 Å². The third kappa shape index (κ3) is 8.96. The third-order valence-corrected chi connectivity index (χ3v) is 3.41. The first-order chi connectivity index (χ1) is 7.24. The van der Waals surface area contributed by atoms with Gasteiger partial charge in [-0.25, -0.2) is 0 Å². The van der Waals surface area contributed by atoms with Crippen LogP contribution in [0.5, 0.6) is 0 Å². The smallest absolute Gasteiger partial charge is 0.0327 e. The normalized spacial score (nSPS) is 13.4. The maximum atomic E-state index is 2.58. The first kappa shape index (κ1) is 15.0. The molecule has 0 heterocycles. The molecule has 0 aliphatic heterocycles. The molecule has 0 aromatic heterocycles. The molecule has 91 valence electrons. The highest BCUT2D eigenvalue weighted by Gasteiger charge is 2.09. The van der Waals surface area contributed by atoms with Crippen molar-refractivity contribution in [2.24, 2.45) is 11.8 Å². The minimum atomic E-state index is 0.830. The van der Waals surface area contributed by atoms with E-state index in [9.17, 15) is 0 Å². The number of hydrogen-bond acceptors (Lipinski definition) is 0. The van der Waals surface area contributed by atoms with Gasteiger partial charge in [0, 0.05) is 0 Å². The van der Waals surface area contributed by atoms with Crippen molar-refractivity contribution >= 4 is 0 Å². The van der Waals surface area contributed by atoms with Gasteiger partial charge in [-0.2, -0.15) is 0 Å². The van der Waals surface area contributed by atoms with Crippen molar-refractivity contribution in [3.63, 3.8) is 0 Å². The van der Waals surface area contributed by atoms with Crippen LogP contribution in [0.25, 0.3) is 0 Å².